The van der Waals surface area contributed by atoms with E-state index >= 15 is 0 Å². The van der Waals surface area contributed by atoms with E-state index < -0.39 is 5.97 Å². The highest BCUT2D eigenvalue weighted by atomic mass is 16.5. The first-order valence-corrected chi connectivity index (χ1v) is 8.29. The molecule has 0 fully saturated rings. The SMILES string of the molecule is Cc1ccc(NC(=O)c2ccc(OC(=O)c3ccccc3)cc2)c(C)c1. The number of carbonyl (C=O) groups excluding carboxylic acids is 2. The van der Waals surface area contributed by atoms with Gasteiger partial charge in [-0.3, -0.25) is 4.79 Å². The quantitative estimate of drug-likeness (QED) is 0.547. The van der Waals surface area contributed by atoms with Crippen LogP contribution in [-0.4, -0.2) is 11.9 Å². The van der Waals surface area contributed by atoms with E-state index in [2.05, 4.69) is 5.32 Å². The molecule has 0 atom stereocenters. The number of rotatable bonds is 4. The topological polar surface area (TPSA) is 55.4 Å². The zero-order chi connectivity index (χ0) is 18.5. The van der Waals surface area contributed by atoms with Crippen molar-refractivity contribution in [3.05, 3.63) is 95.1 Å². The van der Waals surface area contributed by atoms with Gasteiger partial charge in [0.05, 0.1) is 5.56 Å². The first kappa shape index (κ1) is 17.4. The summed E-state index contributed by atoms with van der Waals surface area (Å²) in [5.41, 5.74) is 3.89. The maximum atomic E-state index is 12.4. The van der Waals surface area contributed by atoms with Gasteiger partial charge >= 0.3 is 5.97 Å². The Morgan fingerprint density at radius 2 is 1.50 bits per heavy atom. The van der Waals surface area contributed by atoms with Gasteiger partial charge in [-0.15, -0.1) is 0 Å². The van der Waals surface area contributed by atoms with Gasteiger partial charge < -0.3 is 10.1 Å². The highest BCUT2D eigenvalue weighted by molar-refractivity contribution is 6.04. The van der Waals surface area contributed by atoms with Gasteiger partial charge in [0.25, 0.3) is 5.91 Å². The molecule has 0 saturated heterocycles. The number of ether oxygens (including phenoxy) is 1. The summed E-state index contributed by atoms with van der Waals surface area (Å²) in [5.74, 6) is -0.252. The normalized spacial score (nSPS) is 10.2. The molecule has 0 aliphatic heterocycles. The molecule has 0 bridgehead atoms. The molecule has 26 heavy (non-hydrogen) atoms. The molecule has 3 rings (SSSR count). The molecule has 0 aromatic heterocycles. The fourth-order valence-corrected chi connectivity index (χ4v) is 2.56. The Labute approximate surface area is 152 Å². The van der Waals surface area contributed by atoms with Crippen molar-refractivity contribution in [2.24, 2.45) is 0 Å². The average molecular weight is 345 g/mol. The Balaban J connectivity index is 1.67. The van der Waals surface area contributed by atoms with Crippen LogP contribution in [0.3, 0.4) is 0 Å². The van der Waals surface area contributed by atoms with Crippen LogP contribution in [0, 0.1) is 13.8 Å². The van der Waals surface area contributed by atoms with Crippen LogP contribution in [0.5, 0.6) is 5.75 Å². The summed E-state index contributed by atoms with van der Waals surface area (Å²) in [6.45, 7) is 3.96. The van der Waals surface area contributed by atoms with Gasteiger partial charge in [0.2, 0.25) is 0 Å². The summed E-state index contributed by atoms with van der Waals surface area (Å²) in [6.07, 6.45) is 0. The van der Waals surface area contributed by atoms with Crippen molar-refractivity contribution in [3.63, 3.8) is 0 Å². The minimum atomic E-state index is -0.432. The number of aryl methyl sites for hydroxylation is 2. The van der Waals surface area contributed by atoms with Crippen molar-refractivity contribution < 1.29 is 14.3 Å². The Kier molecular flexibility index (Phi) is 5.13. The standard InChI is InChI=1S/C22H19NO3/c1-15-8-13-20(16(2)14-15)23-21(24)17-9-11-19(12-10-17)26-22(25)18-6-4-3-5-7-18/h3-14H,1-2H3,(H,23,24). The minimum absolute atomic E-state index is 0.210. The fourth-order valence-electron chi connectivity index (χ4n) is 2.56. The van der Waals surface area contributed by atoms with E-state index in [4.69, 9.17) is 4.74 Å². The van der Waals surface area contributed by atoms with E-state index in [0.29, 0.717) is 16.9 Å². The lowest BCUT2D eigenvalue weighted by Crippen LogP contribution is -2.13. The second-order valence-corrected chi connectivity index (χ2v) is 6.05. The van der Waals surface area contributed by atoms with Crippen molar-refractivity contribution in [2.45, 2.75) is 13.8 Å². The Morgan fingerprint density at radius 3 is 2.15 bits per heavy atom. The average Bonchev–Trinajstić information content (AvgIpc) is 2.65. The minimum Gasteiger partial charge on any atom is -0.423 e. The predicted octanol–water partition coefficient (Wildman–Crippen LogP) is 4.77. The molecule has 0 saturated carbocycles. The number of nitrogens with one attached hydrogen (secondary N) is 1. The molecule has 3 aromatic carbocycles. The zero-order valence-corrected chi connectivity index (χ0v) is 14.7. The van der Waals surface area contributed by atoms with E-state index in [0.717, 1.165) is 16.8 Å². The summed E-state index contributed by atoms with van der Waals surface area (Å²) in [6, 6.07) is 21.1. The van der Waals surface area contributed by atoms with Gasteiger partial charge in [-0.1, -0.05) is 35.9 Å². The van der Waals surface area contributed by atoms with Crippen LogP contribution in [0.2, 0.25) is 0 Å². The summed E-state index contributed by atoms with van der Waals surface area (Å²) >= 11 is 0. The fraction of sp³-hybridized carbons (Fsp3) is 0.0909. The molecule has 0 aliphatic carbocycles. The molecule has 1 amide bonds. The second kappa shape index (κ2) is 7.66. The van der Waals surface area contributed by atoms with Crippen LogP contribution in [0.4, 0.5) is 5.69 Å². The third-order valence-electron chi connectivity index (χ3n) is 3.97. The van der Waals surface area contributed by atoms with Crippen LogP contribution in [0.25, 0.3) is 0 Å². The number of hydrogen-bond acceptors (Lipinski definition) is 3. The maximum Gasteiger partial charge on any atom is 0.343 e. The predicted molar refractivity (Wildman–Crippen MR) is 102 cm³/mol. The van der Waals surface area contributed by atoms with Gasteiger partial charge in [0, 0.05) is 11.3 Å². The Bertz CT molecular complexity index is 931. The van der Waals surface area contributed by atoms with Gasteiger partial charge in [0.15, 0.2) is 0 Å². The Hall–Kier alpha value is -3.40. The summed E-state index contributed by atoms with van der Waals surface area (Å²) in [5, 5.41) is 2.89. The lowest BCUT2D eigenvalue weighted by molar-refractivity contribution is 0.0734. The molecule has 3 aromatic rings. The van der Waals surface area contributed by atoms with Gasteiger partial charge in [-0.05, 0) is 61.9 Å². The summed E-state index contributed by atoms with van der Waals surface area (Å²) in [7, 11) is 0. The van der Waals surface area contributed by atoms with E-state index in [1.807, 2.05) is 38.1 Å². The van der Waals surface area contributed by atoms with Crippen molar-refractivity contribution in [3.8, 4) is 5.75 Å². The van der Waals surface area contributed by atoms with E-state index in [1.54, 1.807) is 48.5 Å². The number of hydrogen-bond donors (Lipinski definition) is 1. The molecule has 4 nitrogen and oxygen atoms in total. The first-order chi connectivity index (χ1) is 12.5. The number of amides is 1. The molecule has 0 unspecified atom stereocenters. The van der Waals surface area contributed by atoms with Crippen molar-refractivity contribution in [1.29, 1.82) is 0 Å². The monoisotopic (exact) mass is 345 g/mol. The van der Waals surface area contributed by atoms with Gasteiger partial charge in [-0.25, -0.2) is 4.79 Å². The van der Waals surface area contributed by atoms with Crippen molar-refractivity contribution in [2.75, 3.05) is 5.32 Å². The number of benzene rings is 3. The largest absolute Gasteiger partial charge is 0.423 e. The molecule has 1 N–H and O–H groups in total. The van der Waals surface area contributed by atoms with Crippen LogP contribution >= 0.6 is 0 Å². The number of anilines is 1. The van der Waals surface area contributed by atoms with Crippen molar-refractivity contribution in [1.82, 2.24) is 0 Å². The van der Waals surface area contributed by atoms with Crippen LogP contribution in [-0.2, 0) is 0 Å². The van der Waals surface area contributed by atoms with E-state index in [9.17, 15) is 9.59 Å². The molecule has 0 spiro atoms. The van der Waals surface area contributed by atoms with Crippen molar-refractivity contribution >= 4 is 17.6 Å². The van der Waals surface area contributed by atoms with Crippen LogP contribution < -0.4 is 10.1 Å². The number of esters is 1. The molecule has 0 radical (unpaired) electrons. The summed E-state index contributed by atoms with van der Waals surface area (Å²) in [4.78, 5) is 24.4. The van der Waals surface area contributed by atoms with E-state index in [1.165, 1.54) is 0 Å². The van der Waals surface area contributed by atoms with Gasteiger partial charge in [0.1, 0.15) is 5.75 Å². The highest BCUT2D eigenvalue weighted by Gasteiger charge is 2.10. The van der Waals surface area contributed by atoms with E-state index in [-0.39, 0.29) is 5.91 Å². The lowest BCUT2D eigenvalue weighted by Gasteiger charge is -2.10. The van der Waals surface area contributed by atoms with Crippen LogP contribution in [0.1, 0.15) is 31.8 Å². The van der Waals surface area contributed by atoms with Gasteiger partial charge in [-0.2, -0.15) is 0 Å². The molecule has 0 heterocycles. The molecule has 4 heteroatoms. The maximum absolute atomic E-state index is 12.4. The third-order valence-corrected chi connectivity index (χ3v) is 3.97. The third kappa shape index (κ3) is 4.16. The van der Waals surface area contributed by atoms with Crippen LogP contribution in [0.15, 0.2) is 72.8 Å². The second-order valence-electron chi connectivity index (χ2n) is 6.05. The smallest absolute Gasteiger partial charge is 0.343 e. The lowest BCUT2D eigenvalue weighted by atomic mass is 10.1. The highest BCUT2D eigenvalue weighted by Crippen LogP contribution is 2.19. The molecule has 130 valence electrons. The Morgan fingerprint density at radius 1 is 0.808 bits per heavy atom. The summed E-state index contributed by atoms with van der Waals surface area (Å²) < 4.78 is 5.32. The molecular formula is C22H19NO3. The molecular weight excluding hydrogens is 326 g/mol. The first-order valence-electron chi connectivity index (χ1n) is 8.29. The molecule has 0 aliphatic rings. The number of carbonyl (C=O) groups is 2. The zero-order valence-electron chi connectivity index (χ0n) is 14.7.